The zero-order valence-electron chi connectivity index (χ0n) is 14.4. The predicted octanol–water partition coefficient (Wildman–Crippen LogP) is 6.30. The van der Waals surface area contributed by atoms with Crippen molar-refractivity contribution in [1.82, 2.24) is 4.98 Å². The van der Waals surface area contributed by atoms with Crippen molar-refractivity contribution in [2.45, 2.75) is 6.92 Å². The normalized spacial score (nSPS) is 10.7. The van der Waals surface area contributed by atoms with Crippen LogP contribution < -0.4 is 10.1 Å². The van der Waals surface area contributed by atoms with E-state index >= 15 is 0 Å². The van der Waals surface area contributed by atoms with Crippen LogP contribution in [-0.2, 0) is 0 Å². The Hall–Kier alpha value is -2.89. The summed E-state index contributed by atoms with van der Waals surface area (Å²) in [6.45, 7) is 1.97. The maximum absolute atomic E-state index is 12.6. The van der Waals surface area contributed by atoms with Crippen molar-refractivity contribution < 1.29 is 9.53 Å². The molecular weight excluding hydrogens is 380 g/mol. The molecule has 134 valence electrons. The van der Waals surface area contributed by atoms with Crippen molar-refractivity contribution in [2.24, 2.45) is 0 Å². The Morgan fingerprint density at radius 2 is 1.81 bits per heavy atom. The van der Waals surface area contributed by atoms with E-state index in [4.69, 9.17) is 16.3 Å². The minimum atomic E-state index is -0.249. The van der Waals surface area contributed by atoms with Gasteiger partial charge in [0.15, 0.2) is 5.13 Å². The van der Waals surface area contributed by atoms with E-state index in [1.807, 2.05) is 55.5 Å². The molecule has 6 heteroatoms. The highest BCUT2D eigenvalue weighted by Gasteiger charge is 2.13. The topological polar surface area (TPSA) is 51.2 Å². The molecule has 0 atom stereocenters. The molecule has 0 saturated carbocycles. The lowest BCUT2D eigenvalue weighted by atomic mass is 10.2. The van der Waals surface area contributed by atoms with Crippen LogP contribution >= 0.6 is 22.9 Å². The van der Waals surface area contributed by atoms with Gasteiger partial charge in [-0.1, -0.05) is 53.3 Å². The Bertz CT molecular complexity index is 1090. The van der Waals surface area contributed by atoms with E-state index in [0.29, 0.717) is 27.2 Å². The highest BCUT2D eigenvalue weighted by Crippen LogP contribution is 2.34. The monoisotopic (exact) mass is 394 g/mol. The molecule has 0 spiro atoms. The number of aromatic nitrogens is 1. The lowest BCUT2D eigenvalue weighted by Crippen LogP contribution is -2.11. The summed E-state index contributed by atoms with van der Waals surface area (Å²) in [7, 11) is 0. The fraction of sp³-hybridized carbons (Fsp3) is 0.0476. The first-order valence-electron chi connectivity index (χ1n) is 8.30. The van der Waals surface area contributed by atoms with Crippen LogP contribution in [0.3, 0.4) is 0 Å². The molecular formula is C21H15ClN2O2S. The number of hydrogen-bond donors (Lipinski definition) is 1. The maximum atomic E-state index is 12.6. The third kappa shape index (κ3) is 3.79. The SMILES string of the molecule is Cc1ccc(Cl)c2sc(NC(=O)c3cccc(Oc4ccccc4)c3)nc12. The molecule has 0 unspecified atom stereocenters. The van der Waals surface area contributed by atoms with E-state index < -0.39 is 0 Å². The van der Waals surface area contributed by atoms with Gasteiger partial charge in [0.05, 0.1) is 15.2 Å². The number of aryl methyl sites for hydroxylation is 1. The number of halogens is 1. The summed E-state index contributed by atoms with van der Waals surface area (Å²) in [6.07, 6.45) is 0. The van der Waals surface area contributed by atoms with Crippen LogP contribution in [0.2, 0.25) is 5.02 Å². The van der Waals surface area contributed by atoms with Crippen molar-refractivity contribution >= 4 is 44.2 Å². The minimum absolute atomic E-state index is 0.249. The van der Waals surface area contributed by atoms with Gasteiger partial charge in [-0.25, -0.2) is 4.98 Å². The second-order valence-electron chi connectivity index (χ2n) is 5.96. The van der Waals surface area contributed by atoms with Crippen LogP contribution in [-0.4, -0.2) is 10.9 Å². The molecule has 4 aromatic rings. The summed E-state index contributed by atoms with van der Waals surface area (Å²) in [4.78, 5) is 17.1. The number of thiazole rings is 1. The Morgan fingerprint density at radius 1 is 1.04 bits per heavy atom. The average Bonchev–Trinajstić information content (AvgIpc) is 3.11. The number of benzene rings is 3. The number of rotatable bonds is 4. The van der Waals surface area contributed by atoms with E-state index in [-0.39, 0.29) is 5.91 Å². The molecule has 3 aromatic carbocycles. The number of para-hydroxylation sites is 1. The molecule has 4 nitrogen and oxygen atoms in total. The third-order valence-corrected chi connectivity index (χ3v) is 5.42. The number of amides is 1. The number of fused-ring (bicyclic) bond motifs is 1. The summed E-state index contributed by atoms with van der Waals surface area (Å²) < 4.78 is 6.66. The zero-order chi connectivity index (χ0) is 18.8. The number of ether oxygens (including phenoxy) is 1. The molecule has 1 amide bonds. The van der Waals surface area contributed by atoms with Gasteiger partial charge in [0, 0.05) is 5.56 Å². The molecule has 1 heterocycles. The van der Waals surface area contributed by atoms with Gasteiger partial charge in [0.25, 0.3) is 5.91 Å². The van der Waals surface area contributed by atoms with Crippen molar-refractivity contribution in [3.05, 3.63) is 82.9 Å². The summed E-state index contributed by atoms with van der Waals surface area (Å²) in [5.41, 5.74) is 2.32. The van der Waals surface area contributed by atoms with Gasteiger partial charge in [-0.2, -0.15) is 0 Å². The van der Waals surface area contributed by atoms with Crippen LogP contribution in [0.15, 0.2) is 66.7 Å². The first-order chi connectivity index (χ1) is 13.1. The third-order valence-electron chi connectivity index (χ3n) is 3.99. The minimum Gasteiger partial charge on any atom is -0.457 e. The number of nitrogens with zero attached hydrogens (tertiary/aromatic N) is 1. The molecule has 0 aliphatic rings. The molecule has 0 aliphatic heterocycles. The second kappa shape index (κ2) is 7.39. The van der Waals surface area contributed by atoms with Gasteiger partial charge >= 0.3 is 0 Å². The number of carbonyl (C=O) groups is 1. The van der Waals surface area contributed by atoms with E-state index in [0.717, 1.165) is 15.8 Å². The molecule has 4 rings (SSSR count). The quantitative estimate of drug-likeness (QED) is 0.441. The van der Waals surface area contributed by atoms with Crippen molar-refractivity contribution in [2.75, 3.05) is 5.32 Å². The van der Waals surface area contributed by atoms with Crippen LogP contribution in [0, 0.1) is 6.92 Å². The first kappa shape index (κ1) is 17.5. The largest absolute Gasteiger partial charge is 0.457 e. The Morgan fingerprint density at radius 3 is 2.59 bits per heavy atom. The Kier molecular flexibility index (Phi) is 4.79. The second-order valence-corrected chi connectivity index (χ2v) is 7.36. The molecule has 27 heavy (non-hydrogen) atoms. The Balaban J connectivity index is 1.56. The summed E-state index contributed by atoms with van der Waals surface area (Å²) in [5.74, 6) is 1.06. The van der Waals surface area contributed by atoms with Gasteiger partial charge in [-0.05, 0) is 48.9 Å². The average molecular weight is 395 g/mol. The van der Waals surface area contributed by atoms with E-state index in [1.165, 1.54) is 11.3 Å². The van der Waals surface area contributed by atoms with E-state index in [9.17, 15) is 4.79 Å². The van der Waals surface area contributed by atoms with E-state index in [1.54, 1.807) is 18.2 Å². The number of anilines is 1. The van der Waals surface area contributed by atoms with Crippen LogP contribution in [0.1, 0.15) is 15.9 Å². The fourth-order valence-corrected chi connectivity index (χ4v) is 3.86. The smallest absolute Gasteiger partial charge is 0.257 e. The van der Waals surface area contributed by atoms with Crippen molar-refractivity contribution in [1.29, 1.82) is 0 Å². The summed E-state index contributed by atoms with van der Waals surface area (Å²) in [6, 6.07) is 20.2. The highest BCUT2D eigenvalue weighted by atomic mass is 35.5. The number of hydrogen-bond acceptors (Lipinski definition) is 4. The van der Waals surface area contributed by atoms with Gasteiger partial charge < -0.3 is 4.74 Å². The molecule has 0 radical (unpaired) electrons. The number of carbonyl (C=O) groups excluding carboxylic acids is 1. The maximum Gasteiger partial charge on any atom is 0.257 e. The molecule has 0 saturated heterocycles. The zero-order valence-corrected chi connectivity index (χ0v) is 16.0. The summed E-state index contributed by atoms with van der Waals surface area (Å²) >= 11 is 7.60. The van der Waals surface area contributed by atoms with Crippen LogP contribution in [0.25, 0.3) is 10.2 Å². The fourth-order valence-electron chi connectivity index (χ4n) is 2.65. The molecule has 0 fully saturated rings. The van der Waals surface area contributed by atoms with Gasteiger partial charge in [-0.3, -0.25) is 10.1 Å². The molecule has 0 aliphatic carbocycles. The molecule has 1 aromatic heterocycles. The Labute approximate surface area is 165 Å². The first-order valence-corrected chi connectivity index (χ1v) is 9.49. The van der Waals surface area contributed by atoms with Gasteiger partial charge in [-0.15, -0.1) is 0 Å². The van der Waals surface area contributed by atoms with Gasteiger partial charge in [0.1, 0.15) is 11.5 Å². The lowest BCUT2D eigenvalue weighted by molar-refractivity contribution is 0.102. The van der Waals surface area contributed by atoms with Crippen LogP contribution in [0.4, 0.5) is 5.13 Å². The van der Waals surface area contributed by atoms with Gasteiger partial charge in [0.2, 0.25) is 0 Å². The standard InChI is InChI=1S/C21H15ClN2O2S/c1-13-10-11-17(22)19-18(13)23-21(27-19)24-20(25)14-6-5-9-16(12-14)26-15-7-3-2-4-8-15/h2-12H,1H3,(H,23,24,25). The number of nitrogens with one attached hydrogen (secondary N) is 1. The van der Waals surface area contributed by atoms with Crippen molar-refractivity contribution in [3.8, 4) is 11.5 Å². The molecule has 1 N–H and O–H groups in total. The highest BCUT2D eigenvalue weighted by molar-refractivity contribution is 7.23. The van der Waals surface area contributed by atoms with E-state index in [2.05, 4.69) is 10.3 Å². The predicted molar refractivity (Wildman–Crippen MR) is 110 cm³/mol. The lowest BCUT2D eigenvalue weighted by Gasteiger charge is -2.07. The summed E-state index contributed by atoms with van der Waals surface area (Å²) in [5, 5.41) is 3.99. The molecule has 0 bridgehead atoms. The van der Waals surface area contributed by atoms with Crippen molar-refractivity contribution in [3.63, 3.8) is 0 Å². The van der Waals surface area contributed by atoms with Crippen LogP contribution in [0.5, 0.6) is 11.5 Å².